The molecular formula is C26H23Cl2NO4. The number of rotatable bonds is 8. The van der Waals surface area contributed by atoms with E-state index < -0.39 is 5.97 Å². The number of aromatic nitrogens is 1. The maximum atomic E-state index is 12.9. The van der Waals surface area contributed by atoms with Gasteiger partial charge in [0.2, 0.25) is 0 Å². The van der Waals surface area contributed by atoms with Gasteiger partial charge in [0.15, 0.2) is 11.4 Å². The monoisotopic (exact) mass is 483 g/mol. The van der Waals surface area contributed by atoms with Crippen LogP contribution >= 0.6 is 23.2 Å². The summed E-state index contributed by atoms with van der Waals surface area (Å²) in [5.74, 6) is 0.651. The molecule has 0 fully saturated rings. The first-order valence-corrected chi connectivity index (χ1v) is 11.3. The van der Waals surface area contributed by atoms with Crippen LogP contribution in [-0.2, 0) is 17.9 Å². The fraction of sp³-hybridized carbons (Fsp3) is 0.192. The van der Waals surface area contributed by atoms with Crippen molar-refractivity contribution >= 4 is 40.1 Å². The molecule has 0 atom stereocenters. The normalized spacial score (nSPS) is 10.9. The number of benzene rings is 3. The third-order valence-corrected chi connectivity index (χ3v) is 5.97. The van der Waals surface area contributed by atoms with Crippen molar-refractivity contribution in [3.05, 3.63) is 93.6 Å². The average molecular weight is 484 g/mol. The van der Waals surface area contributed by atoms with Crippen molar-refractivity contribution in [3.63, 3.8) is 0 Å². The lowest BCUT2D eigenvalue weighted by Crippen LogP contribution is -2.14. The van der Waals surface area contributed by atoms with Gasteiger partial charge in [-0.1, -0.05) is 59.6 Å². The Bertz CT molecular complexity index is 1280. The van der Waals surface area contributed by atoms with Crippen LogP contribution in [0.2, 0.25) is 10.0 Å². The van der Waals surface area contributed by atoms with Gasteiger partial charge in [-0.2, -0.15) is 0 Å². The number of hydrogen-bond acceptors (Lipinski definition) is 4. The van der Waals surface area contributed by atoms with Gasteiger partial charge in [0.25, 0.3) is 0 Å². The SMILES string of the molecule is CCOC(=O)c1c(OC)c2cc(OCc3ccccc3)ccc2n1Cc1ccc(Cl)c(Cl)c1. The number of hydrogen-bond donors (Lipinski definition) is 0. The second-order valence-corrected chi connectivity index (χ2v) is 8.20. The molecule has 3 aromatic carbocycles. The molecule has 0 radical (unpaired) electrons. The molecule has 4 aromatic rings. The summed E-state index contributed by atoms with van der Waals surface area (Å²) in [6, 6.07) is 21.0. The summed E-state index contributed by atoms with van der Waals surface area (Å²) in [6.07, 6.45) is 0. The topological polar surface area (TPSA) is 49.7 Å². The summed E-state index contributed by atoms with van der Waals surface area (Å²) >= 11 is 12.3. The Morgan fingerprint density at radius 2 is 1.73 bits per heavy atom. The molecule has 7 heteroatoms. The summed E-state index contributed by atoms with van der Waals surface area (Å²) in [4.78, 5) is 12.9. The van der Waals surface area contributed by atoms with Crippen molar-refractivity contribution in [1.29, 1.82) is 0 Å². The third kappa shape index (κ3) is 4.95. The second-order valence-electron chi connectivity index (χ2n) is 7.39. The molecule has 4 rings (SSSR count). The van der Waals surface area contributed by atoms with Gasteiger partial charge in [-0.05, 0) is 48.4 Å². The maximum Gasteiger partial charge on any atom is 0.358 e. The highest BCUT2D eigenvalue weighted by Crippen LogP contribution is 2.37. The maximum absolute atomic E-state index is 12.9. The fourth-order valence-electron chi connectivity index (χ4n) is 3.73. The van der Waals surface area contributed by atoms with Crippen LogP contribution in [0.5, 0.6) is 11.5 Å². The van der Waals surface area contributed by atoms with Crippen LogP contribution in [0.4, 0.5) is 0 Å². The van der Waals surface area contributed by atoms with E-state index in [1.54, 1.807) is 26.2 Å². The van der Waals surface area contributed by atoms with Crippen LogP contribution in [0.15, 0.2) is 66.7 Å². The molecular weight excluding hydrogens is 461 g/mol. The Balaban J connectivity index is 1.77. The van der Waals surface area contributed by atoms with E-state index in [2.05, 4.69) is 0 Å². The standard InChI is InChI=1S/C26H23Cl2NO4/c1-3-32-26(30)24-25(31-2)20-14-19(33-16-17-7-5-4-6-8-17)10-12-23(20)29(24)15-18-9-11-21(27)22(28)13-18/h4-14H,3,15-16H2,1-2H3. The molecule has 0 amide bonds. The summed E-state index contributed by atoms with van der Waals surface area (Å²) in [7, 11) is 1.54. The predicted molar refractivity (Wildman–Crippen MR) is 131 cm³/mol. The molecule has 33 heavy (non-hydrogen) atoms. The van der Waals surface area contributed by atoms with E-state index >= 15 is 0 Å². The summed E-state index contributed by atoms with van der Waals surface area (Å²) < 4.78 is 18.9. The molecule has 0 bridgehead atoms. The minimum absolute atomic E-state index is 0.252. The van der Waals surface area contributed by atoms with Crippen molar-refractivity contribution in [2.75, 3.05) is 13.7 Å². The Kier molecular flexibility index (Phi) is 7.11. The zero-order valence-electron chi connectivity index (χ0n) is 18.3. The second kappa shape index (κ2) is 10.2. The first-order chi connectivity index (χ1) is 16.0. The lowest BCUT2D eigenvalue weighted by molar-refractivity contribution is 0.0511. The zero-order valence-corrected chi connectivity index (χ0v) is 19.8. The lowest BCUT2D eigenvalue weighted by atomic mass is 10.2. The van der Waals surface area contributed by atoms with Crippen molar-refractivity contribution in [3.8, 4) is 11.5 Å². The summed E-state index contributed by atoms with van der Waals surface area (Å²) in [6.45, 7) is 2.84. The number of carbonyl (C=O) groups excluding carboxylic acids is 1. The molecule has 0 saturated carbocycles. The molecule has 0 aliphatic carbocycles. The van der Waals surface area contributed by atoms with E-state index in [1.165, 1.54) is 0 Å². The van der Waals surface area contributed by atoms with Crippen molar-refractivity contribution in [2.45, 2.75) is 20.1 Å². The highest BCUT2D eigenvalue weighted by Gasteiger charge is 2.25. The van der Waals surface area contributed by atoms with Gasteiger partial charge in [0.1, 0.15) is 12.4 Å². The molecule has 1 heterocycles. The van der Waals surface area contributed by atoms with Crippen LogP contribution in [0.3, 0.4) is 0 Å². The highest BCUT2D eigenvalue weighted by molar-refractivity contribution is 6.42. The fourth-order valence-corrected chi connectivity index (χ4v) is 4.05. The van der Waals surface area contributed by atoms with Crippen LogP contribution < -0.4 is 9.47 Å². The minimum Gasteiger partial charge on any atom is -0.494 e. The number of fused-ring (bicyclic) bond motifs is 1. The quantitative estimate of drug-likeness (QED) is 0.259. The van der Waals surface area contributed by atoms with Gasteiger partial charge >= 0.3 is 5.97 Å². The van der Waals surface area contributed by atoms with Crippen LogP contribution in [0.25, 0.3) is 10.9 Å². The Hall–Kier alpha value is -3.15. The van der Waals surface area contributed by atoms with E-state index in [1.807, 2.05) is 59.2 Å². The summed E-state index contributed by atoms with van der Waals surface area (Å²) in [5.41, 5.74) is 3.10. The average Bonchev–Trinajstić information content (AvgIpc) is 3.13. The molecule has 0 saturated heterocycles. The van der Waals surface area contributed by atoms with Crippen molar-refractivity contribution in [2.24, 2.45) is 0 Å². The van der Waals surface area contributed by atoms with Gasteiger partial charge in [-0.25, -0.2) is 4.79 Å². The number of carbonyl (C=O) groups is 1. The van der Waals surface area contributed by atoms with Gasteiger partial charge in [-0.3, -0.25) is 0 Å². The lowest BCUT2D eigenvalue weighted by Gasteiger charge is -2.12. The minimum atomic E-state index is -0.461. The van der Waals surface area contributed by atoms with Gasteiger partial charge in [-0.15, -0.1) is 0 Å². The molecule has 1 aromatic heterocycles. The highest BCUT2D eigenvalue weighted by atomic mass is 35.5. The number of ether oxygens (including phenoxy) is 3. The van der Waals surface area contributed by atoms with Crippen LogP contribution in [-0.4, -0.2) is 24.3 Å². The molecule has 0 spiro atoms. The molecule has 0 aliphatic rings. The van der Waals surface area contributed by atoms with Crippen molar-refractivity contribution in [1.82, 2.24) is 4.57 Å². The van der Waals surface area contributed by atoms with E-state index in [9.17, 15) is 4.79 Å². The predicted octanol–water partition coefficient (Wildman–Crippen LogP) is 6.76. The van der Waals surface area contributed by atoms with Gasteiger partial charge in [0, 0.05) is 11.9 Å². The molecule has 5 nitrogen and oxygen atoms in total. The Labute approximate surface area is 202 Å². The molecule has 0 unspecified atom stereocenters. The van der Waals surface area contributed by atoms with Gasteiger partial charge in [0.05, 0.1) is 29.3 Å². The van der Waals surface area contributed by atoms with Crippen LogP contribution in [0.1, 0.15) is 28.5 Å². The largest absolute Gasteiger partial charge is 0.494 e. The smallest absolute Gasteiger partial charge is 0.358 e. The van der Waals surface area contributed by atoms with E-state index in [0.29, 0.717) is 40.4 Å². The summed E-state index contributed by atoms with van der Waals surface area (Å²) in [5, 5.41) is 1.68. The zero-order chi connectivity index (χ0) is 23.4. The number of methoxy groups -OCH3 is 1. The number of esters is 1. The number of halogens is 2. The Morgan fingerprint density at radius 3 is 2.42 bits per heavy atom. The molecule has 0 N–H and O–H groups in total. The number of nitrogens with zero attached hydrogens (tertiary/aromatic N) is 1. The van der Waals surface area contributed by atoms with Crippen LogP contribution in [0, 0.1) is 0 Å². The van der Waals surface area contributed by atoms with Gasteiger partial charge < -0.3 is 18.8 Å². The first kappa shape index (κ1) is 23.0. The third-order valence-electron chi connectivity index (χ3n) is 5.23. The van der Waals surface area contributed by atoms with E-state index in [0.717, 1.165) is 22.0 Å². The van der Waals surface area contributed by atoms with E-state index in [-0.39, 0.29) is 6.61 Å². The Morgan fingerprint density at radius 1 is 0.939 bits per heavy atom. The van der Waals surface area contributed by atoms with Crippen molar-refractivity contribution < 1.29 is 19.0 Å². The first-order valence-electron chi connectivity index (χ1n) is 10.5. The molecule has 170 valence electrons. The van der Waals surface area contributed by atoms with E-state index in [4.69, 9.17) is 37.4 Å². The molecule has 0 aliphatic heterocycles.